The summed E-state index contributed by atoms with van der Waals surface area (Å²) in [6.07, 6.45) is 3.97. The fourth-order valence-electron chi connectivity index (χ4n) is 2.28. The monoisotopic (exact) mass is 155 g/mol. The first-order chi connectivity index (χ1) is 5.11. The molecule has 0 aromatic heterocycles. The third kappa shape index (κ3) is 2.19. The summed E-state index contributed by atoms with van der Waals surface area (Å²) >= 11 is 0. The molecule has 0 aromatic rings. The van der Waals surface area contributed by atoms with E-state index in [1.165, 1.54) is 19.3 Å². The van der Waals surface area contributed by atoms with Gasteiger partial charge in [0.2, 0.25) is 0 Å². The summed E-state index contributed by atoms with van der Waals surface area (Å²) in [5.41, 5.74) is 6.07. The normalized spacial score (nSPS) is 39.5. The molecule has 0 saturated heterocycles. The lowest BCUT2D eigenvalue weighted by atomic mass is 9.74. The highest BCUT2D eigenvalue weighted by Gasteiger charge is 2.27. The summed E-state index contributed by atoms with van der Waals surface area (Å²) in [5.74, 6) is 2.42. The average Bonchev–Trinajstić information content (AvgIpc) is 1.85. The van der Waals surface area contributed by atoms with Gasteiger partial charge in [0, 0.05) is 6.04 Å². The van der Waals surface area contributed by atoms with Crippen LogP contribution in [-0.2, 0) is 0 Å². The van der Waals surface area contributed by atoms with E-state index in [9.17, 15) is 0 Å². The van der Waals surface area contributed by atoms with Gasteiger partial charge >= 0.3 is 0 Å². The molecule has 66 valence electrons. The lowest BCUT2D eigenvalue weighted by Gasteiger charge is -2.34. The Kier molecular flexibility index (Phi) is 2.94. The predicted octanol–water partition coefficient (Wildman–Crippen LogP) is 2.41. The second kappa shape index (κ2) is 3.57. The molecule has 1 saturated carbocycles. The van der Waals surface area contributed by atoms with Gasteiger partial charge in [0.05, 0.1) is 0 Å². The van der Waals surface area contributed by atoms with Gasteiger partial charge in [0.1, 0.15) is 0 Å². The van der Waals surface area contributed by atoms with Crippen molar-refractivity contribution in [3.05, 3.63) is 0 Å². The molecular weight excluding hydrogens is 134 g/mol. The van der Waals surface area contributed by atoms with Gasteiger partial charge in [0.25, 0.3) is 0 Å². The maximum Gasteiger partial charge on any atom is 0.00721 e. The second-order valence-corrected chi connectivity index (χ2v) is 4.49. The van der Waals surface area contributed by atoms with E-state index in [-0.39, 0.29) is 0 Å². The van der Waals surface area contributed by atoms with E-state index in [1.54, 1.807) is 0 Å². The second-order valence-electron chi connectivity index (χ2n) is 4.49. The molecule has 0 bridgehead atoms. The van der Waals surface area contributed by atoms with Gasteiger partial charge in [-0.15, -0.1) is 0 Å². The summed E-state index contributed by atoms with van der Waals surface area (Å²) in [6.45, 7) is 6.90. The van der Waals surface area contributed by atoms with E-state index in [4.69, 9.17) is 5.73 Å². The Balaban J connectivity index is 2.44. The summed E-state index contributed by atoms with van der Waals surface area (Å²) in [7, 11) is 0. The molecule has 0 aromatic carbocycles. The molecule has 1 heteroatoms. The van der Waals surface area contributed by atoms with E-state index in [1.807, 2.05) is 0 Å². The highest BCUT2D eigenvalue weighted by molar-refractivity contribution is 4.82. The molecule has 0 radical (unpaired) electrons. The van der Waals surface area contributed by atoms with Crippen LogP contribution in [0, 0.1) is 17.8 Å². The highest BCUT2D eigenvalue weighted by atomic mass is 14.7. The van der Waals surface area contributed by atoms with Crippen LogP contribution in [0.4, 0.5) is 0 Å². The molecular formula is C10H21N. The van der Waals surface area contributed by atoms with E-state index < -0.39 is 0 Å². The van der Waals surface area contributed by atoms with Crippen LogP contribution >= 0.6 is 0 Å². The molecule has 1 fully saturated rings. The third-order valence-electron chi connectivity index (χ3n) is 3.07. The zero-order chi connectivity index (χ0) is 8.43. The average molecular weight is 155 g/mol. The van der Waals surface area contributed by atoms with Crippen molar-refractivity contribution in [1.82, 2.24) is 0 Å². The number of hydrogen-bond acceptors (Lipinski definition) is 1. The minimum Gasteiger partial charge on any atom is -0.327 e. The quantitative estimate of drug-likeness (QED) is 0.618. The fourth-order valence-corrected chi connectivity index (χ4v) is 2.28. The predicted molar refractivity (Wildman–Crippen MR) is 49.3 cm³/mol. The Bertz CT molecular complexity index is 120. The first kappa shape index (κ1) is 9.05. The lowest BCUT2D eigenvalue weighted by molar-refractivity contribution is 0.199. The Morgan fingerprint density at radius 2 is 1.91 bits per heavy atom. The molecule has 1 nitrogen and oxygen atoms in total. The third-order valence-corrected chi connectivity index (χ3v) is 3.07. The molecule has 11 heavy (non-hydrogen) atoms. The van der Waals surface area contributed by atoms with Gasteiger partial charge in [-0.2, -0.15) is 0 Å². The van der Waals surface area contributed by atoms with Gasteiger partial charge in [-0.05, 0) is 30.6 Å². The summed E-state index contributed by atoms with van der Waals surface area (Å²) in [5, 5.41) is 0. The first-order valence-corrected chi connectivity index (χ1v) is 4.87. The van der Waals surface area contributed by atoms with E-state index in [2.05, 4.69) is 20.8 Å². The van der Waals surface area contributed by atoms with Crippen molar-refractivity contribution in [2.75, 3.05) is 0 Å². The van der Waals surface area contributed by atoms with Crippen LogP contribution < -0.4 is 5.73 Å². The molecule has 1 rings (SSSR count). The minimum absolute atomic E-state index is 0.471. The van der Waals surface area contributed by atoms with Crippen molar-refractivity contribution in [1.29, 1.82) is 0 Å². The summed E-state index contributed by atoms with van der Waals surface area (Å²) < 4.78 is 0. The van der Waals surface area contributed by atoms with Crippen molar-refractivity contribution < 1.29 is 0 Å². The molecule has 0 spiro atoms. The Morgan fingerprint density at radius 3 is 2.36 bits per heavy atom. The van der Waals surface area contributed by atoms with Crippen molar-refractivity contribution in [2.45, 2.75) is 46.1 Å². The standard InChI is InChI=1S/C10H21N/c1-7(2)9-5-4-8(3)6-10(9)11/h7-10H,4-6,11H2,1-3H3/t8?,9-,10-/m0/s1. The van der Waals surface area contributed by atoms with Crippen LogP contribution in [0.25, 0.3) is 0 Å². The molecule has 0 aliphatic heterocycles. The lowest BCUT2D eigenvalue weighted by Crippen LogP contribution is -2.38. The van der Waals surface area contributed by atoms with Gasteiger partial charge in [-0.3, -0.25) is 0 Å². The van der Waals surface area contributed by atoms with Crippen LogP contribution in [0.1, 0.15) is 40.0 Å². The zero-order valence-electron chi connectivity index (χ0n) is 8.01. The SMILES string of the molecule is CC1CC[C@@H](C(C)C)[C@@H](N)C1. The van der Waals surface area contributed by atoms with Crippen molar-refractivity contribution in [3.63, 3.8) is 0 Å². The molecule has 1 aliphatic carbocycles. The summed E-state index contributed by atoms with van der Waals surface area (Å²) in [4.78, 5) is 0. The van der Waals surface area contributed by atoms with E-state index in [0.717, 1.165) is 17.8 Å². The number of rotatable bonds is 1. The van der Waals surface area contributed by atoms with Crippen LogP contribution in [0.5, 0.6) is 0 Å². The molecule has 2 N–H and O–H groups in total. The maximum atomic E-state index is 6.07. The summed E-state index contributed by atoms with van der Waals surface area (Å²) in [6, 6.07) is 0.471. The molecule has 0 heterocycles. The van der Waals surface area contributed by atoms with Crippen molar-refractivity contribution >= 4 is 0 Å². The Hall–Kier alpha value is -0.0400. The molecule has 3 atom stereocenters. The van der Waals surface area contributed by atoms with Gasteiger partial charge in [0.15, 0.2) is 0 Å². The first-order valence-electron chi connectivity index (χ1n) is 4.87. The van der Waals surface area contributed by atoms with Gasteiger partial charge < -0.3 is 5.73 Å². The van der Waals surface area contributed by atoms with E-state index in [0.29, 0.717) is 6.04 Å². The fraction of sp³-hybridized carbons (Fsp3) is 1.00. The topological polar surface area (TPSA) is 26.0 Å². The molecule has 1 aliphatic rings. The number of nitrogens with two attached hydrogens (primary N) is 1. The Morgan fingerprint density at radius 1 is 1.27 bits per heavy atom. The minimum atomic E-state index is 0.471. The largest absolute Gasteiger partial charge is 0.327 e. The molecule has 0 amide bonds. The van der Waals surface area contributed by atoms with Crippen LogP contribution in [0.2, 0.25) is 0 Å². The van der Waals surface area contributed by atoms with E-state index >= 15 is 0 Å². The Labute approximate surface area is 70.4 Å². The van der Waals surface area contributed by atoms with Crippen molar-refractivity contribution in [3.8, 4) is 0 Å². The smallest absolute Gasteiger partial charge is 0.00721 e. The van der Waals surface area contributed by atoms with Crippen molar-refractivity contribution in [2.24, 2.45) is 23.5 Å². The van der Waals surface area contributed by atoms with Crippen LogP contribution in [0.15, 0.2) is 0 Å². The maximum absolute atomic E-state index is 6.07. The zero-order valence-corrected chi connectivity index (χ0v) is 8.01. The number of hydrogen-bond donors (Lipinski definition) is 1. The van der Waals surface area contributed by atoms with Gasteiger partial charge in [-0.25, -0.2) is 0 Å². The highest BCUT2D eigenvalue weighted by Crippen LogP contribution is 2.31. The van der Waals surface area contributed by atoms with Crippen LogP contribution in [-0.4, -0.2) is 6.04 Å². The van der Waals surface area contributed by atoms with Gasteiger partial charge in [-0.1, -0.05) is 27.2 Å². The van der Waals surface area contributed by atoms with Crippen LogP contribution in [0.3, 0.4) is 0 Å². The molecule has 1 unspecified atom stereocenters.